The zero-order chi connectivity index (χ0) is 14.0. The van der Waals surface area contributed by atoms with Crippen molar-refractivity contribution >= 4 is 5.78 Å². The highest BCUT2D eigenvalue weighted by molar-refractivity contribution is 5.97. The molecule has 104 valence electrons. The van der Waals surface area contributed by atoms with E-state index in [1.54, 1.807) is 0 Å². The highest BCUT2D eigenvalue weighted by atomic mass is 16.1. The van der Waals surface area contributed by atoms with Gasteiger partial charge in [0.25, 0.3) is 0 Å². The average Bonchev–Trinajstić information content (AvgIpc) is 2.31. The summed E-state index contributed by atoms with van der Waals surface area (Å²) in [5, 5.41) is 0. The second-order valence-electron chi connectivity index (χ2n) is 6.70. The molecule has 0 atom stereocenters. The van der Waals surface area contributed by atoms with Gasteiger partial charge in [-0.25, -0.2) is 0 Å². The topological polar surface area (TPSA) is 20.3 Å². The Kier molecular flexibility index (Phi) is 4.10. The molecule has 1 aliphatic rings. The van der Waals surface area contributed by atoms with Crippen molar-refractivity contribution in [2.75, 3.05) is 19.6 Å². The summed E-state index contributed by atoms with van der Waals surface area (Å²) >= 11 is 0. The number of rotatable bonds is 3. The Morgan fingerprint density at radius 1 is 1.26 bits per heavy atom. The van der Waals surface area contributed by atoms with Gasteiger partial charge in [0.2, 0.25) is 0 Å². The van der Waals surface area contributed by atoms with Crippen LogP contribution in [-0.2, 0) is 0 Å². The number of carbonyl (C=O) groups is 1. The van der Waals surface area contributed by atoms with Gasteiger partial charge in [-0.2, -0.15) is 0 Å². The Labute approximate surface area is 116 Å². The lowest BCUT2D eigenvalue weighted by molar-refractivity contribution is 0.0810. The van der Waals surface area contributed by atoms with Crippen LogP contribution in [0, 0.1) is 19.3 Å². The molecule has 2 nitrogen and oxygen atoms in total. The first kappa shape index (κ1) is 14.3. The van der Waals surface area contributed by atoms with Crippen LogP contribution in [0.2, 0.25) is 0 Å². The molecule has 0 spiro atoms. The van der Waals surface area contributed by atoms with Crippen LogP contribution in [0.4, 0.5) is 0 Å². The van der Waals surface area contributed by atoms with Crippen LogP contribution in [-0.4, -0.2) is 30.3 Å². The van der Waals surface area contributed by atoms with Gasteiger partial charge in [-0.3, -0.25) is 9.69 Å². The van der Waals surface area contributed by atoms with Crippen molar-refractivity contribution in [3.8, 4) is 0 Å². The fourth-order valence-corrected chi connectivity index (χ4v) is 2.89. The molecule has 19 heavy (non-hydrogen) atoms. The van der Waals surface area contributed by atoms with Crippen LogP contribution in [0.1, 0.15) is 48.2 Å². The Balaban J connectivity index is 2.02. The number of piperidine rings is 1. The maximum Gasteiger partial charge on any atom is 0.176 e. The summed E-state index contributed by atoms with van der Waals surface area (Å²) in [7, 11) is 0. The smallest absolute Gasteiger partial charge is 0.176 e. The van der Waals surface area contributed by atoms with Crippen molar-refractivity contribution in [2.45, 2.75) is 40.5 Å². The van der Waals surface area contributed by atoms with Crippen LogP contribution in [0.3, 0.4) is 0 Å². The number of ketones is 1. The van der Waals surface area contributed by atoms with Crippen LogP contribution >= 0.6 is 0 Å². The van der Waals surface area contributed by atoms with Crippen LogP contribution in [0.25, 0.3) is 0 Å². The van der Waals surface area contributed by atoms with Crippen molar-refractivity contribution < 1.29 is 4.79 Å². The fraction of sp³-hybridized carbons (Fsp3) is 0.588. The van der Waals surface area contributed by atoms with E-state index in [4.69, 9.17) is 0 Å². The summed E-state index contributed by atoms with van der Waals surface area (Å²) in [5.74, 6) is 0.251. The molecule has 2 rings (SSSR count). The minimum atomic E-state index is 0.251. The molecule has 1 aromatic carbocycles. The molecular weight excluding hydrogens is 234 g/mol. The van der Waals surface area contributed by atoms with Gasteiger partial charge in [-0.1, -0.05) is 26.0 Å². The van der Waals surface area contributed by atoms with Crippen molar-refractivity contribution in [2.24, 2.45) is 5.41 Å². The molecule has 0 N–H and O–H groups in total. The van der Waals surface area contributed by atoms with Crippen LogP contribution < -0.4 is 0 Å². The van der Waals surface area contributed by atoms with Gasteiger partial charge in [0.15, 0.2) is 5.78 Å². The van der Waals surface area contributed by atoms with Gasteiger partial charge in [-0.15, -0.1) is 0 Å². The molecule has 1 aliphatic heterocycles. The van der Waals surface area contributed by atoms with E-state index in [9.17, 15) is 4.79 Å². The van der Waals surface area contributed by atoms with E-state index in [-0.39, 0.29) is 5.78 Å². The molecule has 0 unspecified atom stereocenters. The first-order valence-corrected chi connectivity index (χ1v) is 7.20. The first-order chi connectivity index (χ1) is 8.87. The SMILES string of the molecule is Cc1ccc(C(=O)CN2CCCC(C)(C)C2)cc1C. The highest BCUT2D eigenvalue weighted by Gasteiger charge is 2.27. The van der Waals surface area contributed by atoms with Crippen molar-refractivity contribution in [3.63, 3.8) is 0 Å². The van der Waals surface area contributed by atoms with E-state index in [2.05, 4.69) is 32.6 Å². The fourth-order valence-electron chi connectivity index (χ4n) is 2.89. The summed E-state index contributed by atoms with van der Waals surface area (Å²) in [4.78, 5) is 14.7. The minimum absolute atomic E-state index is 0.251. The van der Waals surface area contributed by atoms with Gasteiger partial charge < -0.3 is 0 Å². The van der Waals surface area contributed by atoms with E-state index < -0.39 is 0 Å². The molecule has 2 heteroatoms. The van der Waals surface area contributed by atoms with Crippen molar-refractivity contribution in [3.05, 3.63) is 34.9 Å². The quantitative estimate of drug-likeness (QED) is 0.773. The molecule has 0 bridgehead atoms. The van der Waals surface area contributed by atoms with Gasteiger partial charge in [0.1, 0.15) is 0 Å². The molecule has 1 aromatic rings. The van der Waals surface area contributed by atoms with Crippen LogP contribution in [0.15, 0.2) is 18.2 Å². The summed E-state index contributed by atoms with van der Waals surface area (Å²) < 4.78 is 0. The predicted octanol–water partition coefficient (Wildman–Crippen LogP) is 3.61. The number of nitrogens with zero attached hydrogens (tertiary/aromatic N) is 1. The number of hydrogen-bond donors (Lipinski definition) is 0. The third-order valence-corrected chi connectivity index (χ3v) is 4.18. The molecule has 0 amide bonds. The summed E-state index contributed by atoms with van der Waals surface area (Å²) in [6.45, 7) is 11.4. The molecule has 0 saturated carbocycles. The Morgan fingerprint density at radius 2 is 2.00 bits per heavy atom. The van der Waals surface area contributed by atoms with Crippen molar-refractivity contribution in [1.29, 1.82) is 0 Å². The molecule has 1 saturated heterocycles. The number of hydrogen-bond acceptors (Lipinski definition) is 2. The number of likely N-dealkylation sites (tertiary alicyclic amines) is 1. The third kappa shape index (κ3) is 3.66. The number of Topliss-reactive ketones (excluding diaryl/α,β-unsaturated/α-hetero) is 1. The zero-order valence-corrected chi connectivity index (χ0v) is 12.6. The minimum Gasteiger partial charge on any atom is -0.295 e. The Hall–Kier alpha value is -1.15. The lowest BCUT2D eigenvalue weighted by Gasteiger charge is -2.37. The first-order valence-electron chi connectivity index (χ1n) is 7.20. The number of carbonyl (C=O) groups excluding carboxylic acids is 1. The van der Waals surface area contributed by atoms with Crippen LogP contribution in [0.5, 0.6) is 0 Å². The van der Waals surface area contributed by atoms with E-state index in [1.807, 2.05) is 18.2 Å². The van der Waals surface area contributed by atoms with Gasteiger partial charge in [0.05, 0.1) is 6.54 Å². The van der Waals surface area contributed by atoms with Gasteiger partial charge in [-0.05, 0) is 55.8 Å². The van der Waals surface area contributed by atoms with E-state index in [0.717, 1.165) is 18.7 Å². The maximum atomic E-state index is 12.3. The average molecular weight is 259 g/mol. The monoisotopic (exact) mass is 259 g/mol. The number of aryl methyl sites for hydroxylation is 2. The predicted molar refractivity (Wildman–Crippen MR) is 79.7 cm³/mol. The number of benzene rings is 1. The molecular formula is C17H25NO. The Bertz CT molecular complexity index is 476. The van der Waals surface area contributed by atoms with Gasteiger partial charge >= 0.3 is 0 Å². The third-order valence-electron chi connectivity index (χ3n) is 4.18. The largest absolute Gasteiger partial charge is 0.295 e. The van der Waals surface area contributed by atoms with Crippen molar-refractivity contribution in [1.82, 2.24) is 4.90 Å². The van der Waals surface area contributed by atoms with E-state index in [1.165, 1.54) is 24.0 Å². The second kappa shape index (κ2) is 5.46. The summed E-state index contributed by atoms with van der Waals surface area (Å²) in [6.07, 6.45) is 2.47. The summed E-state index contributed by atoms with van der Waals surface area (Å²) in [6, 6.07) is 6.02. The lowest BCUT2D eigenvalue weighted by Crippen LogP contribution is -2.42. The second-order valence-corrected chi connectivity index (χ2v) is 6.70. The molecule has 1 heterocycles. The van der Waals surface area contributed by atoms with Gasteiger partial charge in [0, 0.05) is 12.1 Å². The normalized spacial score (nSPS) is 19.4. The zero-order valence-electron chi connectivity index (χ0n) is 12.6. The highest BCUT2D eigenvalue weighted by Crippen LogP contribution is 2.28. The lowest BCUT2D eigenvalue weighted by atomic mass is 9.84. The molecule has 0 aromatic heterocycles. The molecule has 1 fully saturated rings. The van der Waals surface area contributed by atoms with E-state index in [0.29, 0.717) is 12.0 Å². The standard InChI is InChI=1S/C17H25NO/c1-13-6-7-15(10-14(13)2)16(19)11-18-9-5-8-17(3,4)12-18/h6-7,10H,5,8-9,11-12H2,1-4H3. The van der Waals surface area contributed by atoms with E-state index >= 15 is 0 Å². The Morgan fingerprint density at radius 3 is 2.63 bits per heavy atom. The summed E-state index contributed by atoms with van der Waals surface area (Å²) in [5.41, 5.74) is 3.65. The molecule has 0 radical (unpaired) electrons. The maximum absolute atomic E-state index is 12.3. The molecule has 0 aliphatic carbocycles.